The standard InChI is InChI=1S/C29H34N8O4/c1-18-6-3-7-19-8-4-10-22(23(18)19)32-27(38)25-24(31)26(34-28(33-25)41-17-21-9-5-13-35(21)2)36-14-15-37(29(39)40)20(16-36)11-12-30/h3-4,6-8,10,20-21H,5,9,11,13-17,31H2,1-2H3,(H,32,38)(H,39,40). The molecular weight excluding hydrogens is 524 g/mol. The summed E-state index contributed by atoms with van der Waals surface area (Å²) in [6, 6.07) is 13.3. The number of piperazine rings is 1. The third-order valence-electron chi connectivity index (χ3n) is 7.91. The van der Waals surface area contributed by atoms with E-state index in [1.54, 1.807) is 4.90 Å². The molecule has 2 aliphatic rings. The van der Waals surface area contributed by atoms with Crippen molar-refractivity contribution < 1.29 is 19.4 Å². The van der Waals surface area contributed by atoms with Crippen LogP contribution in [-0.4, -0.2) is 88.8 Å². The van der Waals surface area contributed by atoms with E-state index >= 15 is 0 Å². The summed E-state index contributed by atoms with van der Waals surface area (Å²) < 4.78 is 6.03. The van der Waals surface area contributed by atoms with E-state index in [0.29, 0.717) is 12.3 Å². The summed E-state index contributed by atoms with van der Waals surface area (Å²) in [7, 11) is 2.04. The van der Waals surface area contributed by atoms with Gasteiger partial charge in [-0.3, -0.25) is 4.79 Å². The van der Waals surface area contributed by atoms with Gasteiger partial charge in [0.1, 0.15) is 12.3 Å². The van der Waals surface area contributed by atoms with E-state index in [2.05, 4.69) is 26.3 Å². The number of benzene rings is 2. The minimum Gasteiger partial charge on any atom is -0.465 e. The fourth-order valence-corrected chi connectivity index (χ4v) is 5.67. The monoisotopic (exact) mass is 558 g/mol. The van der Waals surface area contributed by atoms with Gasteiger partial charge in [-0.1, -0.05) is 30.3 Å². The van der Waals surface area contributed by atoms with E-state index < -0.39 is 18.0 Å². The van der Waals surface area contributed by atoms with E-state index in [9.17, 15) is 20.0 Å². The number of anilines is 3. The molecule has 3 aromatic rings. The Bertz CT molecular complexity index is 1500. The first-order valence-electron chi connectivity index (χ1n) is 13.7. The van der Waals surface area contributed by atoms with Crippen LogP contribution in [0.3, 0.4) is 0 Å². The number of rotatable bonds is 7. The van der Waals surface area contributed by atoms with Crippen molar-refractivity contribution in [3.05, 3.63) is 47.7 Å². The number of nitriles is 1. The number of carbonyl (C=O) groups excluding carboxylic acids is 1. The van der Waals surface area contributed by atoms with Crippen LogP contribution in [0, 0.1) is 18.3 Å². The second-order valence-electron chi connectivity index (χ2n) is 10.6. The molecule has 2 fully saturated rings. The SMILES string of the molecule is Cc1cccc2cccc(NC(=O)c3nc(OCC4CCCN4C)nc(N4CCN(C(=O)O)C(CC#N)C4)c3N)c12. The Balaban J connectivity index is 1.49. The molecule has 0 spiro atoms. The summed E-state index contributed by atoms with van der Waals surface area (Å²) in [4.78, 5) is 39.7. The lowest BCUT2D eigenvalue weighted by molar-refractivity contribution is 0.102. The zero-order valence-corrected chi connectivity index (χ0v) is 23.2. The predicted octanol–water partition coefficient (Wildman–Crippen LogP) is 3.33. The Morgan fingerprint density at radius 1 is 1.17 bits per heavy atom. The zero-order chi connectivity index (χ0) is 29.1. The van der Waals surface area contributed by atoms with Gasteiger partial charge < -0.3 is 35.6 Å². The number of carbonyl (C=O) groups is 2. The van der Waals surface area contributed by atoms with Gasteiger partial charge in [-0.25, -0.2) is 4.79 Å². The number of nitrogens with one attached hydrogen (secondary N) is 1. The summed E-state index contributed by atoms with van der Waals surface area (Å²) in [5.74, 6) is -0.232. The molecule has 0 radical (unpaired) electrons. The van der Waals surface area contributed by atoms with Gasteiger partial charge >= 0.3 is 12.1 Å². The Hall–Kier alpha value is -4.63. The molecule has 5 rings (SSSR count). The van der Waals surface area contributed by atoms with Gasteiger partial charge in [-0.05, 0) is 50.4 Å². The quantitative estimate of drug-likeness (QED) is 0.392. The molecule has 2 aromatic carbocycles. The molecule has 2 unspecified atom stereocenters. The first-order chi connectivity index (χ1) is 19.8. The first-order valence-corrected chi connectivity index (χ1v) is 13.7. The van der Waals surface area contributed by atoms with Crippen molar-refractivity contribution >= 4 is 40.0 Å². The van der Waals surface area contributed by atoms with E-state index in [1.807, 2.05) is 50.4 Å². The number of amides is 2. The molecule has 3 heterocycles. The van der Waals surface area contributed by atoms with Crippen LogP contribution in [0.1, 0.15) is 35.3 Å². The lowest BCUT2D eigenvalue weighted by Gasteiger charge is -2.40. The number of aromatic nitrogens is 2. The molecule has 12 nitrogen and oxygen atoms in total. The summed E-state index contributed by atoms with van der Waals surface area (Å²) in [5, 5.41) is 23.8. The van der Waals surface area contributed by atoms with Crippen LogP contribution in [0.25, 0.3) is 10.8 Å². The Kier molecular flexibility index (Phi) is 8.07. The maximum atomic E-state index is 13.7. The van der Waals surface area contributed by atoms with Crippen LogP contribution in [0.15, 0.2) is 36.4 Å². The van der Waals surface area contributed by atoms with Gasteiger partial charge in [0, 0.05) is 36.7 Å². The minimum atomic E-state index is -1.09. The third-order valence-corrected chi connectivity index (χ3v) is 7.91. The smallest absolute Gasteiger partial charge is 0.407 e. The molecule has 0 aliphatic carbocycles. The molecule has 41 heavy (non-hydrogen) atoms. The zero-order valence-electron chi connectivity index (χ0n) is 23.2. The number of likely N-dealkylation sites (tertiary alicyclic amines) is 1. The van der Waals surface area contributed by atoms with E-state index in [-0.39, 0.29) is 55.3 Å². The predicted molar refractivity (Wildman–Crippen MR) is 155 cm³/mol. The lowest BCUT2D eigenvalue weighted by Crippen LogP contribution is -2.55. The molecule has 1 aromatic heterocycles. The first kappa shape index (κ1) is 27.9. The van der Waals surface area contributed by atoms with Crippen molar-refractivity contribution in [2.24, 2.45) is 0 Å². The number of nitrogen functional groups attached to an aromatic ring is 1. The summed E-state index contributed by atoms with van der Waals surface area (Å²) in [6.45, 7) is 3.95. The number of nitrogens with two attached hydrogens (primary N) is 1. The van der Waals surface area contributed by atoms with Crippen LogP contribution in [0.4, 0.5) is 22.0 Å². The molecular formula is C29H34N8O4. The van der Waals surface area contributed by atoms with Gasteiger partial charge in [-0.15, -0.1) is 0 Å². The molecule has 0 saturated carbocycles. The normalized spacial score (nSPS) is 19.2. The Morgan fingerprint density at radius 3 is 2.66 bits per heavy atom. The Morgan fingerprint density at radius 2 is 1.95 bits per heavy atom. The number of carboxylic acid groups (broad SMARTS) is 1. The highest BCUT2D eigenvalue weighted by molar-refractivity contribution is 6.11. The third kappa shape index (κ3) is 5.81. The number of aryl methyl sites for hydroxylation is 1. The maximum Gasteiger partial charge on any atom is 0.407 e. The van der Waals surface area contributed by atoms with Crippen molar-refractivity contribution in [1.82, 2.24) is 19.8 Å². The largest absolute Gasteiger partial charge is 0.465 e. The van der Waals surface area contributed by atoms with Crippen LogP contribution in [0.5, 0.6) is 6.01 Å². The minimum absolute atomic E-state index is 0.0128. The van der Waals surface area contributed by atoms with Gasteiger partial charge in [0.25, 0.3) is 5.91 Å². The topological polar surface area (TPSA) is 161 Å². The second-order valence-corrected chi connectivity index (χ2v) is 10.6. The Labute approximate surface area is 238 Å². The van der Waals surface area contributed by atoms with Gasteiger partial charge in [0.15, 0.2) is 11.5 Å². The van der Waals surface area contributed by atoms with Crippen molar-refractivity contribution in [2.45, 2.75) is 38.3 Å². The van der Waals surface area contributed by atoms with Gasteiger partial charge in [0.05, 0.1) is 18.5 Å². The number of likely N-dealkylation sites (N-methyl/N-ethyl adjacent to an activating group) is 1. The highest BCUT2D eigenvalue weighted by atomic mass is 16.5. The molecule has 12 heteroatoms. The fraction of sp³-hybridized carbons (Fsp3) is 0.414. The highest BCUT2D eigenvalue weighted by Crippen LogP contribution is 2.31. The van der Waals surface area contributed by atoms with E-state index in [1.165, 1.54) is 4.90 Å². The lowest BCUT2D eigenvalue weighted by atomic mass is 10.0. The van der Waals surface area contributed by atoms with E-state index in [4.69, 9.17) is 10.5 Å². The van der Waals surface area contributed by atoms with Gasteiger partial charge in [-0.2, -0.15) is 15.2 Å². The second kappa shape index (κ2) is 11.9. The van der Waals surface area contributed by atoms with Crippen molar-refractivity contribution in [3.63, 3.8) is 0 Å². The van der Waals surface area contributed by atoms with Gasteiger partial charge in [0.2, 0.25) is 0 Å². The molecule has 2 saturated heterocycles. The summed E-state index contributed by atoms with van der Waals surface area (Å²) >= 11 is 0. The number of fused-ring (bicyclic) bond motifs is 1. The molecule has 2 amide bonds. The number of hydrogen-bond acceptors (Lipinski definition) is 9. The number of nitrogens with zero attached hydrogens (tertiary/aromatic N) is 6. The number of hydrogen-bond donors (Lipinski definition) is 3. The van der Waals surface area contributed by atoms with Crippen molar-refractivity contribution in [3.8, 4) is 12.1 Å². The average Bonchev–Trinajstić information content (AvgIpc) is 3.37. The van der Waals surface area contributed by atoms with Crippen LogP contribution >= 0.6 is 0 Å². The van der Waals surface area contributed by atoms with Crippen molar-refractivity contribution in [1.29, 1.82) is 5.26 Å². The molecule has 214 valence electrons. The molecule has 2 aliphatic heterocycles. The van der Waals surface area contributed by atoms with E-state index in [0.717, 1.165) is 35.7 Å². The molecule has 0 bridgehead atoms. The number of ether oxygens (including phenoxy) is 1. The average molecular weight is 559 g/mol. The molecule has 2 atom stereocenters. The van der Waals surface area contributed by atoms with Crippen molar-refractivity contribution in [2.75, 3.05) is 55.8 Å². The fourth-order valence-electron chi connectivity index (χ4n) is 5.67. The van der Waals surface area contributed by atoms with Crippen LogP contribution < -0.4 is 20.7 Å². The van der Waals surface area contributed by atoms with Crippen LogP contribution in [0.2, 0.25) is 0 Å². The van der Waals surface area contributed by atoms with Crippen LogP contribution in [-0.2, 0) is 0 Å². The highest BCUT2D eigenvalue weighted by Gasteiger charge is 2.33. The summed E-state index contributed by atoms with van der Waals surface area (Å²) in [6.07, 6.45) is 0.985. The maximum absolute atomic E-state index is 13.7. The molecule has 4 N–H and O–H groups in total. The summed E-state index contributed by atoms with van der Waals surface area (Å²) in [5.41, 5.74) is 8.22.